The van der Waals surface area contributed by atoms with Crippen molar-refractivity contribution in [3.05, 3.63) is 68.7 Å². The van der Waals surface area contributed by atoms with Gasteiger partial charge in [-0.15, -0.1) is 0 Å². The van der Waals surface area contributed by atoms with E-state index in [1.54, 1.807) is 18.2 Å². The Morgan fingerprint density at radius 2 is 1.89 bits per heavy atom. The highest BCUT2D eigenvalue weighted by Crippen LogP contribution is 2.42. The Labute approximate surface area is 219 Å². The summed E-state index contributed by atoms with van der Waals surface area (Å²) < 4.78 is 10.3. The summed E-state index contributed by atoms with van der Waals surface area (Å²) in [4.78, 5) is 38.2. The summed E-state index contributed by atoms with van der Waals surface area (Å²) in [6, 6.07) is 12.7. The van der Waals surface area contributed by atoms with Crippen molar-refractivity contribution in [2.75, 3.05) is 24.8 Å². The van der Waals surface area contributed by atoms with E-state index in [2.05, 4.69) is 16.7 Å². The van der Waals surface area contributed by atoms with E-state index in [-0.39, 0.29) is 27.3 Å². The number of rotatable bonds is 8. The smallest absolute Gasteiger partial charge is 0.319 e. The second-order valence-corrected chi connectivity index (χ2v) is 9.55. The van der Waals surface area contributed by atoms with Crippen LogP contribution in [0.5, 0.6) is 5.75 Å². The monoisotopic (exact) mass is 527 g/mol. The number of aryl methyl sites for hydroxylation is 2. The number of anilines is 1. The van der Waals surface area contributed by atoms with Crippen LogP contribution < -0.4 is 15.4 Å². The van der Waals surface area contributed by atoms with E-state index in [9.17, 15) is 19.6 Å². The highest BCUT2D eigenvalue weighted by Gasteiger charge is 2.44. The lowest BCUT2D eigenvalue weighted by Crippen LogP contribution is -2.44. The molecule has 36 heavy (non-hydrogen) atoms. The summed E-state index contributed by atoms with van der Waals surface area (Å²) >= 11 is 7.36. The molecule has 0 fully saturated rings. The molecule has 0 unspecified atom stereocenters. The van der Waals surface area contributed by atoms with Crippen molar-refractivity contribution in [3.63, 3.8) is 0 Å². The van der Waals surface area contributed by atoms with Gasteiger partial charge in [0, 0.05) is 11.6 Å². The molecule has 2 atom stereocenters. The third-order valence-electron chi connectivity index (χ3n) is 5.45. The van der Waals surface area contributed by atoms with Gasteiger partial charge in [0.2, 0.25) is 11.8 Å². The normalized spacial score (nSPS) is 17.2. The molecule has 2 N–H and O–H groups in total. The molecule has 0 radical (unpaired) electrons. The Hall–Kier alpha value is -3.48. The predicted molar refractivity (Wildman–Crippen MR) is 139 cm³/mol. The number of allylic oxidation sites excluding steroid dienone is 1. The van der Waals surface area contributed by atoms with Crippen LogP contribution in [-0.2, 0) is 19.1 Å². The molecule has 0 aliphatic carbocycles. The van der Waals surface area contributed by atoms with E-state index in [0.717, 1.165) is 22.9 Å². The zero-order valence-corrected chi connectivity index (χ0v) is 21.9. The van der Waals surface area contributed by atoms with Crippen molar-refractivity contribution in [2.24, 2.45) is 5.92 Å². The van der Waals surface area contributed by atoms with E-state index < -0.39 is 23.7 Å². The van der Waals surface area contributed by atoms with Crippen molar-refractivity contribution >= 4 is 46.8 Å². The van der Waals surface area contributed by atoms with Crippen LogP contribution in [0.1, 0.15) is 29.5 Å². The zero-order valence-electron chi connectivity index (χ0n) is 20.3. The summed E-state index contributed by atoms with van der Waals surface area (Å²) in [5.74, 6) is -3.59. The molecule has 3 rings (SSSR count). The van der Waals surface area contributed by atoms with Gasteiger partial charge in [-0.3, -0.25) is 14.4 Å². The number of methoxy groups -OCH3 is 1. The van der Waals surface area contributed by atoms with Crippen molar-refractivity contribution in [1.29, 1.82) is 5.26 Å². The average Bonchev–Trinajstić information content (AvgIpc) is 2.82. The molecular formula is C26H26ClN3O5S. The largest absolute Gasteiger partial charge is 0.492 e. The second-order valence-electron chi connectivity index (χ2n) is 8.16. The van der Waals surface area contributed by atoms with Crippen LogP contribution in [0.4, 0.5) is 5.69 Å². The molecule has 0 saturated heterocycles. The molecule has 0 spiro atoms. The number of carbonyl (C=O) groups excluding carboxylic acids is 3. The maximum absolute atomic E-state index is 13.0. The molecule has 1 aliphatic heterocycles. The number of nitriles is 1. The summed E-state index contributed by atoms with van der Waals surface area (Å²) in [7, 11) is 1.18. The first-order chi connectivity index (χ1) is 17.2. The van der Waals surface area contributed by atoms with Gasteiger partial charge in [-0.2, -0.15) is 5.26 Å². The third kappa shape index (κ3) is 6.20. The first-order valence-electron chi connectivity index (χ1n) is 11.1. The zero-order chi connectivity index (χ0) is 26.4. The molecule has 0 bridgehead atoms. The third-order valence-corrected chi connectivity index (χ3v) is 6.76. The molecule has 10 heteroatoms. The van der Waals surface area contributed by atoms with Gasteiger partial charge in [-0.25, -0.2) is 0 Å². The number of halogens is 1. The lowest BCUT2D eigenvalue weighted by atomic mass is 9.78. The maximum Gasteiger partial charge on any atom is 0.319 e. The summed E-state index contributed by atoms with van der Waals surface area (Å²) in [6.45, 7) is 6.09. The molecule has 188 valence electrons. The van der Waals surface area contributed by atoms with Gasteiger partial charge < -0.3 is 20.1 Å². The summed E-state index contributed by atoms with van der Waals surface area (Å²) in [6.07, 6.45) is 0. The Kier molecular flexibility index (Phi) is 9.02. The minimum absolute atomic E-state index is 0.0621. The Balaban J connectivity index is 1.92. The standard InChI is InChI=1S/C26H26ClN3O5S/c1-5-35-20-7-6-16(11-19(20)27)22-18(12-28)25(30-24(32)23(22)26(33)34-4)36-13-21(31)29-17-9-14(2)8-15(3)10-17/h6-11,22-23H,5,13H2,1-4H3,(H,29,31)(H,30,32)/t22-,23-/m1/s1. The molecule has 1 heterocycles. The number of hydrogen-bond donors (Lipinski definition) is 2. The Morgan fingerprint density at radius 1 is 1.19 bits per heavy atom. The van der Waals surface area contributed by atoms with Gasteiger partial charge in [0.15, 0.2) is 0 Å². The lowest BCUT2D eigenvalue weighted by Gasteiger charge is -2.31. The number of benzene rings is 2. The van der Waals surface area contributed by atoms with Crippen LogP contribution in [0.15, 0.2) is 47.0 Å². The van der Waals surface area contributed by atoms with Crippen molar-refractivity contribution in [1.82, 2.24) is 5.32 Å². The molecule has 2 aromatic carbocycles. The van der Waals surface area contributed by atoms with Gasteiger partial charge in [0.1, 0.15) is 11.7 Å². The van der Waals surface area contributed by atoms with Crippen LogP contribution in [0, 0.1) is 31.1 Å². The van der Waals surface area contributed by atoms with Crippen molar-refractivity contribution in [2.45, 2.75) is 26.7 Å². The first-order valence-corrected chi connectivity index (χ1v) is 12.5. The van der Waals surface area contributed by atoms with Crippen LogP contribution in [0.2, 0.25) is 5.02 Å². The number of nitrogens with one attached hydrogen (secondary N) is 2. The molecule has 0 saturated carbocycles. The quantitative estimate of drug-likeness (QED) is 0.384. The van der Waals surface area contributed by atoms with Gasteiger partial charge in [0.25, 0.3) is 0 Å². The predicted octanol–water partition coefficient (Wildman–Crippen LogP) is 4.47. The van der Waals surface area contributed by atoms with E-state index >= 15 is 0 Å². The fraction of sp³-hybridized carbons (Fsp3) is 0.308. The Bertz CT molecular complexity index is 1250. The van der Waals surface area contributed by atoms with Gasteiger partial charge in [-0.05, 0) is 61.7 Å². The van der Waals surface area contributed by atoms with Crippen LogP contribution >= 0.6 is 23.4 Å². The summed E-state index contributed by atoms with van der Waals surface area (Å²) in [5.41, 5.74) is 3.29. The number of ether oxygens (including phenoxy) is 2. The fourth-order valence-electron chi connectivity index (χ4n) is 4.04. The fourth-order valence-corrected chi connectivity index (χ4v) is 5.14. The van der Waals surface area contributed by atoms with Crippen molar-refractivity contribution in [3.8, 4) is 11.8 Å². The maximum atomic E-state index is 13.0. The van der Waals surface area contributed by atoms with Gasteiger partial charge in [0.05, 0.1) is 41.2 Å². The molecule has 1 aliphatic rings. The number of hydrogen-bond acceptors (Lipinski definition) is 7. The SMILES string of the molecule is CCOc1ccc([C@@H]2C(C#N)=C(SCC(=O)Nc3cc(C)cc(C)c3)NC(=O)[C@@H]2C(=O)OC)cc1Cl. The lowest BCUT2D eigenvalue weighted by molar-refractivity contribution is -0.150. The van der Waals surface area contributed by atoms with Crippen LogP contribution in [0.3, 0.4) is 0 Å². The Morgan fingerprint density at radius 3 is 2.47 bits per heavy atom. The van der Waals surface area contributed by atoms with E-state index in [1.807, 2.05) is 39.0 Å². The van der Waals surface area contributed by atoms with E-state index in [1.165, 1.54) is 7.11 Å². The molecule has 0 aromatic heterocycles. The number of thioether (sulfide) groups is 1. The van der Waals surface area contributed by atoms with Gasteiger partial charge in [-0.1, -0.05) is 35.5 Å². The highest BCUT2D eigenvalue weighted by atomic mass is 35.5. The number of esters is 1. The molecular weight excluding hydrogens is 502 g/mol. The number of nitrogens with zero attached hydrogens (tertiary/aromatic N) is 1. The topological polar surface area (TPSA) is 118 Å². The minimum Gasteiger partial charge on any atom is -0.492 e. The number of amides is 2. The van der Waals surface area contributed by atoms with Crippen molar-refractivity contribution < 1.29 is 23.9 Å². The van der Waals surface area contributed by atoms with E-state index in [0.29, 0.717) is 23.6 Å². The van der Waals surface area contributed by atoms with Crippen LogP contribution in [-0.4, -0.2) is 37.3 Å². The second kappa shape index (κ2) is 12.0. The van der Waals surface area contributed by atoms with Gasteiger partial charge >= 0.3 is 5.97 Å². The molecule has 8 nitrogen and oxygen atoms in total. The van der Waals surface area contributed by atoms with E-state index in [4.69, 9.17) is 21.1 Å². The average molecular weight is 528 g/mol. The summed E-state index contributed by atoms with van der Waals surface area (Å²) in [5, 5.41) is 16.0. The first kappa shape index (κ1) is 27.1. The number of carbonyl (C=O) groups is 3. The highest BCUT2D eigenvalue weighted by molar-refractivity contribution is 8.03. The minimum atomic E-state index is -1.30. The molecule has 2 amide bonds. The molecule has 2 aromatic rings. The van der Waals surface area contributed by atoms with Crippen LogP contribution in [0.25, 0.3) is 0 Å².